The van der Waals surface area contributed by atoms with Crippen molar-refractivity contribution in [3.63, 3.8) is 0 Å². The second-order valence-corrected chi connectivity index (χ2v) is 5.88. The van der Waals surface area contributed by atoms with Crippen LogP contribution in [0, 0.1) is 12.3 Å². The molecule has 0 radical (unpaired) electrons. The molecule has 1 aromatic rings. The Hall–Kier alpha value is -0.740. The third-order valence-corrected chi connectivity index (χ3v) is 4.51. The van der Waals surface area contributed by atoms with Crippen LogP contribution in [-0.2, 0) is 11.2 Å². The number of aryl methyl sites for hydroxylation is 1. The Morgan fingerprint density at radius 3 is 3.00 bits per heavy atom. The topological polar surface area (TPSA) is 42.0 Å². The quantitative estimate of drug-likeness (QED) is 0.874. The average molecular weight is 252 g/mol. The van der Waals surface area contributed by atoms with Crippen LogP contribution in [0.1, 0.15) is 36.9 Å². The van der Waals surface area contributed by atoms with E-state index in [1.54, 1.807) is 11.3 Å². The van der Waals surface area contributed by atoms with Crippen LogP contribution < -0.4 is 5.32 Å². The SMILES string of the molecule is CCCC1(C(=O)Cc2nc(C)cs2)CCNC1. The van der Waals surface area contributed by atoms with Gasteiger partial charge in [-0.25, -0.2) is 4.98 Å². The van der Waals surface area contributed by atoms with Crippen LogP contribution in [0.5, 0.6) is 0 Å². The molecule has 0 spiro atoms. The first-order valence-electron chi connectivity index (χ1n) is 6.31. The molecule has 94 valence electrons. The Bertz CT molecular complexity index is 394. The van der Waals surface area contributed by atoms with Crippen LogP contribution in [0.15, 0.2) is 5.38 Å². The summed E-state index contributed by atoms with van der Waals surface area (Å²) >= 11 is 1.60. The molecule has 2 rings (SSSR count). The van der Waals surface area contributed by atoms with Crippen molar-refractivity contribution in [2.45, 2.75) is 39.5 Å². The van der Waals surface area contributed by atoms with Gasteiger partial charge in [-0.05, 0) is 26.3 Å². The smallest absolute Gasteiger partial charge is 0.147 e. The molecule has 2 heterocycles. The summed E-state index contributed by atoms with van der Waals surface area (Å²) in [5.41, 5.74) is 0.904. The molecule has 1 fully saturated rings. The van der Waals surface area contributed by atoms with Crippen LogP contribution in [-0.4, -0.2) is 23.9 Å². The third-order valence-electron chi connectivity index (χ3n) is 3.54. The van der Waals surface area contributed by atoms with Gasteiger partial charge < -0.3 is 5.32 Å². The van der Waals surface area contributed by atoms with E-state index in [9.17, 15) is 4.79 Å². The van der Waals surface area contributed by atoms with Crippen molar-refractivity contribution in [2.75, 3.05) is 13.1 Å². The lowest BCUT2D eigenvalue weighted by atomic mass is 9.77. The van der Waals surface area contributed by atoms with Crippen molar-refractivity contribution in [1.82, 2.24) is 10.3 Å². The highest BCUT2D eigenvalue weighted by molar-refractivity contribution is 7.09. The first kappa shape index (κ1) is 12.7. The van der Waals surface area contributed by atoms with Gasteiger partial charge in [0.05, 0.1) is 6.42 Å². The van der Waals surface area contributed by atoms with Gasteiger partial charge in [0, 0.05) is 23.0 Å². The molecule has 1 atom stereocenters. The Morgan fingerprint density at radius 2 is 2.47 bits per heavy atom. The second-order valence-electron chi connectivity index (χ2n) is 4.94. The van der Waals surface area contributed by atoms with Crippen molar-refractivity contribution in [1.29, 1.82) is 0 Å². The summed E-state index contributed by atoms with van der Waals surface area (Å²) < 4.78 is 0. The summed E-state index contributed by atoms with van der Waals surface area (Å²) in [4.78, 5) is 16.9. The predicted octanol–water partition coefficient (Wildman–Crippen LogP) is 2.34. The summed E-state index contributed by atoms with van der Waals surface area (Å²) in [6, 6.07) is 0. The number of Topliss-reactive ketones (excluding diaryl/α,β-unsaturated/α-hetero) is 1. The number of aromatic nitrogens is 1. The number of rotatable bonds is 5. The van der Waals surface area contributed by atoms with Crippen LogP contribution in [0.2, 0.25) is 0 Å². The summed E-state index contributed by atoms with van der Waals surface area (Å²) in [5, 5.41) is 6.32. The monoisotopic (exact) mass is 252 g/mol. The fraction of sp³-hybridized carbons (Fsp3) is 0.692. The zero-order valence-electron chi connectivity index (χ0n) is 10.6. The van der Waals surface area contributed by atoms with E-state index in [1.807, 2.05) is 12.3 Å². The maximum atomic E-state index is 12.5. The van der Waals surface area contributed by atoms with Crippen molar-refractivity contribution in [2.24, 2.45) is 5.41 Å². The number of carbonyl (C=O) groups excluding carboxylic acids is 1. The molecule has 17 heavy (non-hydrogen) atoms. The maximum absolute atomic E-state index is 12.5. The van der Waals surface area contributed by atoms with E-state index >= 15 is 0 Å². The highest BCUT2D eigenvalue weighted by atomic mass is 32.1. The molecule has 0 saturated carbocycles. The van der Waals surface area contributed by atoms with Gasteiger partial charge in [0.15, 0.2) is 0 Å². The number of carbonyl (C=O) groups is 1. The minimum absolute atomic E-state index is 0.117. The van der Waals surface area contributed by atoms with E-state index in [1.165, 1.54) is 0 Å². The summed E-state index contributed by atoms with van der Waals surface area (Å²) in [5.74, 6) is 0.374. The first-order valence-corrected chi connectivity index (χ1v) is 7.19. The molecule has 1 unspecified atom stereocenters. The van der Waals surface area contributed by atoms with Gasteiger partial charge in [-0.2, -0.15) is 0 Å². The van der Waals surface area contributed by atoms with Gasteiger partial charge in [-0.1, -0.05) is 13.3 Å². The Labute approximate surface area is 107 Å². The van der Waals surface area contributed by atoms with Crippen LogP contribution in [0.4, 0.5) is 0 Å². The van der Waals surface area contributed by atoms with E-state index in [2.05, 4.69) is 17.2 Å². The fourth-order valence-corrected chi connectivity index (χ4v) is 3.39. The highest BCUT2D eigenvalue weighted by Crippen LogP contribution is 2.33. The molecule has 1 aliphatic heterocycles. The van der Waals surface area contributed by atoms with Crippen LogP contribution >= 0.6 is 11.3 Å². The van der Waals surface area contributed by atoms with E-state index in [4.69, 9.17) is 0 Å². The van der Waals surface area contributed by atoms with Gasteiger partial charge in [0.1, 0.15) is 10.8 Å². The average Bonchev–Trinajstić information content (AvgIpc) is 2.89. The van der Waals surface area contributed by atoms with E-state index in [-0.39, 0.29) is 5.41 Å². The first-order chi connectivity index (χ1) is 8.16. The zero-order valence-corrected chi connectivity index (χ0v) is 11.4. The molecule has 4 heteroatoms. The zero-order chi connectivity index (χ0) is 12.3. The van der Waals surface area contributed by atoms with Crippen molar-refractivity contribution < 1.29 is 4.79 Å². The minimum Gasteiger partial charge on any atom is -0.316 e. The van der Waals surface area contributed by atoms with Gasteiger partial charge in [-0.3, -0.25) is 4.79 Å². The molecule has 3 nitrogen and oxygen atoms in total. The lowest BCUT2D eigenvalue weighted by molar-refractivity contribution is -0.127. The maximum Gasteiger partial charge on any atom is 0.147 e. The Balaban J connectivity index is 2.06. The number of nitrogens with zero attached hydrogens (tertiary/aromatic N) is 1. The molecule has 0 amide bonds. The van der Waals surface area contributed by atoms with Gasteiger partial charge in [-0.15, -0.1) is 11.3 Å². The highest BCUT2D eigenvalue weighted by Gasteiger charge is 2.39. The molecule has 1 saturated heterocycles. The lowest BCUT2D eigenvalue weighted by Gasteiger charge is -2.25. The second kappa shape index (κ2) is 5.27. The predicted molar refractivity (Wildman–Crippen MR) is 70.4 cm³/mol. The Morgan fingerprint density at radius 1 is 1.65 bits per heavy atom. The minimum atomic E-state index is -0.117. The molecule has 1 aromatic heterocycles. The third kappa shape index (κ3) is 2.75. The molecular formula is C13H20N2OS. The molecular weight excluding hydrogens is 232 g/mol. The molecule has 1 N–H and O–H groups in total. The van der Waals surface area contributed by atoms with E-state index in [0.717, 1.165) is 43.1 Å². The number of ketones is 1. The molecule has 0 bridgehead atoms. The number of hydrogen-bond donors (Lipinski definition) is 1. The Kier molecular flexibility index (Phi) is 3.94. The largest absolute Gasteiger partial charge is 0.316 e. The van der Waals surface area contributed by atoms with Crippen LogP contribution in [0.3, 0.4) is 0 Å². The number of nitrogens with one attached hydrogen (secondary N) is 1. The standard InChI is InChI=1S/C13H20N2OS/c1-3-4-13(5-6-14-9-13)11(16)7-12-15-10(2)8-17-12/h8,14H,3-7,9H2,1-2H3. The van der Waals surface area contributed by atoms with Gasteiger partial charge in [0.2, 0.25) is 0 Å². The molecule has 1 aliphatic rings. The number of thiazole rings is 1. The summed E-state index contributed by atoms with van der Waals surface area (Å²) in [6.07, 6.45) is 3.58. The van der Waals surface area contributed by atoms with Crippen molar-refractivity contribution in [3.8, 4) is 0 Å². The van der Waals surface area contributed by atoms with Crippen LogP contribution in [0.25, 0.3) is 0 Å². The van der Waals surface area contributed by atoms with E-state index < -0.39 is 0 Å². The summed E-state index contributed by atoms with van der Waals surface area (Å²) in [7, 11) is 0. The molecule has 0 aromatic carbocycles. The van der Waals surface area contributed by atoms with Crippen molar-refractivity contribution in [3.05, 3.63) is 16.1 Å². The van der Waals surface area contributed by atoms with Crippen molar-refractivity contribution >= 4 is 17.1 Å². The normalized spacial score (nSPS) is 24.1. The fourth-order valence-electron chi connectivity index (χ4n) is 2.62. The van der Waals surface area contributed by atoms with Gasteiger partial charge in [0.25, 0.3) is 0 Å². The summed E-state index contributed by atoms with van der Waals surface area (Å²) in [6.45, 7) is 5.96. The van der Waals surface area contributed by atoms with E-state index in [0.29, 0.717) is 12.2 Å². The molecule has 0 aliphatic carbocycles. The lowest BCUT2D eigenvalue weighted by Crippen LogP contribution is -2.34. The van der Waals surface area contributed by atoms with Gasteiger partial charge >= 0.3 is 0 Å². The number of hydrogen-bond acceptors (Lipinski definition) is 4.